The second-order valence-corrected chi connectivity index (χ2v) is 6.31. The number of aromatic nitrogens is 2. The van der Waals surface area contributed by atoms with Crippen molar-refractivity contribution in [2.24, 2.45) is 5.92 Å². The standard InChI is InChI=1S/C19H23N3O/c1-14-5-4-7-15-6-2-3-8-17(15)19(14)22-18(23)10-9-16-13-20-11-12-21-16/h2-3,6,8,11-14,19H,4-5,7,9-10H2,1H3,(H,22,23)/t14-,19-/m0/s1. The van der Waals surface area contributed by atoms with E-state index in [9.17, 15) is 4.79 Å². The molecule has 2 atom stereocenters. The van der Waals surface area contributed by atoms with Gasteiger partial charge >= 0.3 is 0 Å². The minimum atomic E-state index is 0.0872. The fourth-order valence-electron chi connectivity index (χ4n) is 3.32. The van der Waals surface area contributed by atoms with Crippen LogP contribution in [0.25, 0.3) is 0 Å². The van der Waals surface area contributed by atoms with Gasteiger partial charge in [-0.2, -0.15) is 0 Å². The highest BCUT2D eigenvalue weighted by Crippen LogP contribution is 2.32. The number of benzene rings is 1. The van der Waals surface area contributed by atoms with E-state index in [0.717, 1.165) is 18.5 Å². The molecule has 0 spiro atoms. The number of aryl methyl sites for hydroxylation is 2. The molecule has 0 aliphatic heterocycles. The highest BCUT2D eigenvalue weighted by atomic mass is 16.1. The summed E-state index contributed by atoms with van der Waals surface area (Å²) in [6.45, 7) is 2.23. The van der Waals surface area contributed by atoms with Gasteiger partial charge in [-0.25, -0.2) is 0 Å². The largest absolute Gasteiger partial charge is 0.349 e. The van der Waals surface area contributed by atoms with Crippen LogP contribution < -0.4 is 5.32 Å². The summed E-state index contributed by atoms with van der Waals surface area (Å²) in [6, 6.07) is 8.61. The number of nitrogens with zero attached hydrogens (tertiary/aromatic N) is 2. The Morgan fingerprint density at radius 2 is 2.17 bits per heavy atom. The molecule has 0 radical (unpaired) electrons. The Kier molecular flexibility index (Phi) is 5.01. The summed E-state index contributed by atoms with van der Waals surface area (Å²) >= 11 is 0. The fourth-order valence-corrected chi connectivity index (χ4v) is 3.32. The number of carbonyl (C=O) groups excluding carboxylic acids is 1. The summed E-state index contributed by atoms with van der Waals surface area (Å²) < 4.78 is 0. The summed E-state index contributed by atoms with van der Waals surface area (Å²) in [6.07, 6.45) is 9.54. The van der Waals surface area contributed by atoms with E-state index in [4.69, 9.17) is 0 Å². The molecule has 1 aliphatic carbocycles. The van der Waals surface area contributed by atoms with Crippen LogP contribution in [-0.2, 0) is 17.6 Å². The second-order valence-electron chi connectivity index (χ2n) is 6.31. The Hall–Kier alpha value is -2.23. The van der Waals surface area contributed by atoms with Gasteiger partial charge < -0.3 is 5.32 Å². The molecule has 4 heteroatoms. The van der Waals surface area contributed by atoms with Crippen molar-refractivity contribution in [1.82, 2.24) is 15.3 Å². The lowest BCUT2D eigenvalue weighted by Gasteiger charge is -2.25. The van der Waals surface area contributed by atoms with E-state index in [-0.39, 0.29) is 11.9 Å². The van der Waals surface area contributed by atoms with Crippen molar-refractivity contribution in [2.75, 3.05) is 0 Å². The Morgan fingerprint density at radius 1 is 1.30 bits per heavy atom. The van der Waals surface area contributed by atoms with Crippen molar-refractivity contribution in [2.45, 2.75) is 45.1 Å². The highest BCUT2D eigenvalue weighted by Gasteiger charge is 2.25. The Labute approximate surface area is 137 Å². The lowest BCUT2D eigenvalue weighted by Crippen LogP contribution is -2.32. The average Bonchev–Trinajstić information content (AvgIpc) is 2.74. The summed E-state index contributed by atoms with van der Waals surface area (Å²) in [4.78, 5) is 20.7. The van der Waals surface area contributed by atoms with Crippen LogP contribution in [0.1, 0.15) is 49.0 Å². The van der Waals surface area contributed by atoms with Crippen LogP contribution in [-0.4, -0.2) is 15.9 Å². The molecule has 23 heavy (non-hydrogen) atoms. The van der Waals surface area contributed by atoms with Gasteiger partial charge in [-0.05, 0) is 42.7 Å². The summed E-state index contributed by atoms with van der Waals surface area (Å²) in [5.41, 5.74) is 3.51. The van der Waals surface area contributed by atoms with Gasteiger partial charge in [-0.1, -0.05) is 31.2 Å². The third-order valence-corrected chi connectivity index (χ3v) is 4.61. The Bertz CT molecular complexity index is 657. The van der Waals surface area contributed by atoms with Crippen LogP contribution in [0.4, 0.5) is 0 Å². The summed E-state index contributed by atoms with van der Waals surface area (Å²) in [7, 11) is 0. The first kappa shape index (κ1) is 15.7. The minimum absolute atomic E-state index is 0.0872. The van der Waals surface area contributed by atoms with Gasteiger partial charge in [0.1, 0.15) is 0 Å². The first-order valence-corrected chi connectivity index (χ1v) is 8.36. The van der Waals surface area contributed by atoms with Gasteiger partial charge in [0.15, 0.2) is 0 Å². The molecular formula is C19H23N3O. The van der Waals surface area contributed by atoms with E-state index >= 15 is 0 Å². The lowest BCUT2D eigenvalue weighted by atomic mass is 9.92. The maximum atomic E-state index is 12.4. The first-order valence-electron chi connectivity index (χ1n) is 8.36. The lowest BCUT2D eigenvalue weighted by molar-refractivity contribution is -0.122. The van der Waals surface area contributed by atoms with Gasteiger partial charge in [-0.15, -0.1) is 0 Å². The normalized spacial score (nSPS) is 20.4. The predicted molar refractivity (Wildman–Crippen MR) is 89.8 cm³/mol. The van der Waals surface area contributed by atoms with Crippen molar-refractivity contribution in [3.8, 4) is 0 Å². The van der Waals surface area contributed by atoms with Crippen LogP contribution in [0, 0.1) is 5.92 Å². The number of nitrogens with one attached hydrogen (secondary N) is 1. The van der Waals surface area contributed by atoms with Crippen LogP contribution in [0.15, 0.2) is 42.9 Å². The summed E-state index contributed by atoms with van der Waals surface area (Å²) in [5, 5.41) is 3.25. The Morgan fingerprint density at radius 3 is 3.00 bits per heavy atom. The number of fused-ring (bicyclic) bond motifs is 1. The van der Waals surface area contributed by atoms with Crippen LogP contribution in [0.2, 0.25) is 0 Å². The van der Waals surface area contributed by atoms with E-state index in [0.29, 0.717) is 18.8 Å². The fraction of sp³-hybridized carbons (Fsp3) is 0.421. The molecule has 3 rings (SSSR count). The minimum Gasteiger partial charge on any atom is -0.349 e. The van der Waals surface area contributed by atoms with Crippen molar-refractivity contribution >= 4 is 5.91 Å². The molecule has 0 bridgehead atoms. The van der Waals surface area contributed by atoms with E-state index in [1.807, 2.05) is 0 Å². The van der Waals surface area contributed by atoms with E-state index in [1.165, 1.54) is 17.5 Å². The van der Waals surface area contributed by atoms with Crippen molar-refractivity contribution in [1.29, 1.82) is 0 Å². The number of carbonyl (C=O) groups is 1. The van der Waals surface area contributed by atoms with Gasteiger partial charge in [0.2, 0.25) is 5.91 Å². The van der Waals surface area contributed by atoms with E-state index < -0.39 is 0 Å². The third kappa shape index (κ3) is 3.95. The van der Waals surface area contributed by atoms with Gasteiger partial charge in [-0.3, -0.25) is 14.8 Å². The molecule has 1 heterocycles. The van der Waals surface area contributed by atoms with E-state index in [2.05, 4.69) is 46.5 Å². The molecule has 0 unspecified atom stereocenters. The SMILES string of the molecule is C[C@H]1CCCc2ccccc2[C@H]1NC(=O)CCc1cnccn1. The molecular weight excluding hydrogens is 286 g/mol. The maximum absolute atomic E-state index is 12.4. The predicted octanol–water partition coefficient (Wildman–Crippen LogP) is 3.24. The zero-order valence-electron chi connectivity index (χ0n) is 13.5. The first-order chi connectivity index (χ1) is 11.2. The van der Waals surface area contributed by atoms with Crippen LogP contribution in [0.5, 0.6) is 0 Å². The molecule has 4 nitrogen and oxygen atoms in total. The highest BCUT2D eigenvalue weighted by molar-refractivity contribution is 5.76. The van der Waals surface area contributed by atoms with Crippen molar-refractivity contribution < 1.29 is 4.79 Å². The van der Waals surface area contributed by atoms with Gasteiger partial charge in [0.25, 0.3) is 0 Å². The monoisotopic (exact) mass is 309 g/mol. The number of hydrogen-bond donors (Lipinski definition) is 1. The van der Waals surface area contributed by atoms with Gasteiger partial charge in [0.05, 0.1) is 11.7 Å². The molecule has 2 aromatic rings. The molecule has 120 valence electrons. The van der Waals surface area contributed by atoms with Gasteiger partial charge in [0, 0.05) is 25.0 Å². The molecule has 1 aliphatic rings. The molecule has 0 saturated carbocycles. The van der Waals surface area contributed by atoms with Crippen molar-refractivity contribution in [3.05, 3.63) is 59.7 Å². The second kappa shape index (κ2) is 7.36. The molecule has 1 aromatic heterocycles. The third-order valence-electron chi connectivity index (χ3n) is 4.61. The maximum Gasteiger partial charge on any atom is 0.220 e. The number of amides is 1. The smallest absolute Gasteiger partial charge is 0.220 e. The zero-order valence-corrected chi connectivity index (χ0v) is 13.5. The van der Waals surface area contributed by atoms with E-state index in [1.54, 1.807) is 18.6 Å². The van der Waals surface area contributed by atoms with Crippen LogP contribution >= 0.6 is 0 Å². The number of rotatable bonds is 4. The molecule has 1 aromatic carbocycles. The molecule has 0 saturated heterocycles. The summed E-state index contributed by atoms with van der Waals surface area (Å²) in [5.74, 6) is 0.545. The average molecular weight is 309 g/mol. The Balaban J connectivity index is 1.67. The molecule has 0 fully saturated rings. The quantitative estimate of drug-likeness (QED) is 0.882. The zero-order chi connectivity index (χ0) is 16.1. The van der Waals surface area contributed by atoms with Crippen LogP contribution in [0.3, 0.4) is 0 Å². The molecule has 1 N–H and O–H groups in total. The molecule has 1 amide bonds. The van der Waals surface area contributed by atoms with Crippen molar-refractivity contribution in [3.63, 3.8) is 0 Å². The topological polar surface area (TPSA) is 54.9 Å². The number of hydrogen-bond acceptors (Lipinski definition) is 3.